The Bertz CT molecular complexity index is 618. The first-order valence-corrected chi connectivity index (χ1v) is 6.35. The maximum atomic E-state index is 12.1. The van der Waals surface area contributed by atoms with E-state index in [2.05, 4.69) is 5.32 Å². The smallest absolute Gasteiger partial charge is 0.255 e. The molecule has 2 rings (SSSR count). The number of rotatable bonds is 2. The Kier molecular flexibility index (Phi) is 3.98. The molecule has 2 aromatic carbocycles. The SMILES string of the molecule is Cc1cccc(C(=O)Nc2c(Cl)cc(N)cc2Cl)c1. The molecule has 0 saturated carbocycles. The van der Waals surface area contributed by atoms with Crippen LogP contribution < -0.4 is 11.1 Å². The lowest BCUT2D eigenvalue weighted by atomic mass is 10.1. The van der Waals surface area contributed by atoms with E-state index in [1.165, 1.54) is 0 Å². The van der Waals surface area contributed by atoms with Crippen LogP contribution in [0.1, 0.15) is 15.9 Å². The minimum atomic E-state index is -0.266. The number of carbonyl (C=O) groups excluding carboxylic acids is 1. The number of hydrogen-bond acceptors (Lipinski definition) is 2. The van der Waals surface area contributed by atoms with Gasteiger partial charge in [0, 0.05) is 11.3 Å². The molecule has 0 aliphatic rings. The molecule has 0 heterocycles. The zero-order chi connectivity index (χ0) is 14.0. The molecule has 0 bridgehead atoms. The van der Waals surface area contributed by atoms with Gasteiger partial charge in [-0.15, -0.1) is 0 Å². The summed E-state index contributed by atoms with van der Waals surface area (Å²) in [6, 6.07) is 10.3. The molecule has 0 fully saturated rings. The van der Waals surface area contributed by atoms with E-state index in [1.54, 1.807) is 24.3 Å². The van der Waals surface area contributed by atoms with E-state index in [9.17, 15) is 4.79 Å². The van der Waals surface area contributed by atoms with Crippen molar-refractivity contribution in [3.63, 3.8) is 0 Å². The monoisotopic (exact) mass is 294 g/mol. The van der Waals surface area contributed by atoms with Crippen LogP contribution in [0.2, 0.25) is 10.0 Å². The van der Waals surface area contributed by atoms with Gasteiger partial charge in [-0.2, -0.15) is 0 Å². The number of nitrogens with one attached hydrogen (secondary N) is 1. The van der Waals surface area contributed by atoms with Crippen molar-refractivity contribution in [2.75, 3.05) is 11.1 Å². The second kappa shape index (κ2) is 5.51. The highest BCUT2D eigenvalue weighted by Crippen LogP contribution is 2.33. The van der Waals surface area contributed by atoms with Crippen molar-refractivity contribution < 1.29 is 4.79 Å². The van der Waals surface area contributed by atoms with Crippen molar-refractivity contribution in [1.29, 1.82) is 0 Å². The quantitative estimate of drug-likeness (QED) is 0.818. The van der Waals surface area contributed by atoms with Gasteiger partial charge >= 0.3 is 0 Å². The van der Waals surface area contributed by atoms with Gasteiger partial charge in [-0.25, -0.2) is 0 Å². The number of carbonyl (C=O) groups is 1. The first kappa shape index (κ1) is 13.7. The molecule has 1 amide bonds. The third-order valence-electron chi connectivity index (χ3n) is 2.58. The van der Waals surface area contributed by atoms with Crippen molar-refractivity contribution >= 4 is 40.5 Å². The predicted octanol–water partition coefficient (Wildman–Crippen LogP) is 4.14. The molecule has 3 N–H and O–H groups in total. The normalized spacial score (nSPS) is 10.3. The van der Waals surface area contributed by atoms with Crippen LogP contribution in [0, 0.1) is 6.92 Å². The fourth-order valence-electron chi connectivity index (χ4n) is 1.68. The van der Waals surface area contributed by atoms with E-state index in [1.807, 2.05) is 19.1 Å². The minimum absolute atomic E-state index is 0.266. The molecule has 0 aliphatic heterocycles. The summed E-state index contributed by atoms with van der Waals surface area (Å²) in [5.74, 6) is -0.266. The van der Waals surface area contributed by atoms with Gasteiger partial charge in [0.25, 0.3) is 5.91 Å². The average Bonchev–Trinajstić information content (AvgIpc) is 2.33. The fourth-order valence-corrected chi connectivity index (χ4v) is 2.28. The lowest BCUT2D eigenvalue weighted by molar-refractivity contribution is 0.102. The number of aryl methyl sites for hydroxylation is 1. The van der Waals surface area contributed by atoms with Crippen molar-refractivity contribution in [2.45, 2.75) is 6.92 Å². The summed E-state index contributed by atoms with van der Waals surface area (Å²) >= 11 is 12.0. The molecule has 0 atom stereocenters. The number of anilines is 2. The number of halogens is 2. The third-order valence-corrected chi connectivity index (χ3v) is 3.18. The average molecular weight is 295 g/mol. The molecule has 2 aromatic rings. The van der Waals surface area contributed by atoms with Gasteiger partial charge in [0.1, 0.15) is 0 Å². The summed E-state index contributed by atoms with van der Waals surface area (Å²) in [5, 5.41) is 3.31. The van der Waals surface area contributed by atoms with Gasteiger partial charge < -0.3 is 11.1 Å². The largest absolute Gasteiger partial charge is 0.399 e. The standard InChI is InChI=1S/C14H12Cl2N2O/c1-8-3-2-4-9(5-8)14(19)18-13-11(15)6-10(17)7-12(13)16/h2-7H,17H2,1H3,(H,18,19). The third kappa shape index (κ3) is 3.19. The molecular weight excluding hydrogens is 283 g/mol. The molecule has 0 aromatic heterocycles. The Balaban J connectivity index is 2.29. The van der Waals surface area contributed by atoms with E-state index < -0.39 is 0 Å². The summed E-state index contributed by atoms with van der Waals surface area (Å²) in [6.07, 6.45) is 0. The van der Waals surface area contributed by atoms with Crippen molar-refractivity contribution in [3.05, 3.63) is 57.6 Å². The van der Waals surface area contributed by atoms with Crippen LogP contribution >= 0.6 is 23.2 Å². The minimum Gasteiger partial charge on any atom is -0.399 e. The number of nitrogens with two attached hydrogens (primary N) is 1. The lowest BCUT2D eigenvalue weighted by Crippen LogP contribution is -2.12. The van der Waals surface area contributed by atoms with E-state index in [-0.39, 0.29) is 5.91 Å². The molecule has 0 saturated heterocycles. The van der Waals surface area contributed by atoms with Gasteiger partial charge in [0.15, 0.2) is 0 Å². The highest BCUT2D eigenvalue weighted by atomic mass is 35.5. The van der Waals surface area contributed by atoms with E-state index in [0.29, 0.717) is 27.0 Å². The molecule has 3 nitrogen and oxygen atoms in total. The maximum absolute atomic E-state index is 12.1. The van der Waals surface area contributed by atoms with Crippen LogP contribution in [-0.4, -0.2) is 5.91 Å². The predicted molar refractivity (Wildman–Crippen MR) is 80.0 cm³/mol. The second-order valence-electron chi connectivity index (χ2n) is 4.18. The van der Waals surface area contributed by atoms with Crippen molar-refractivity contribution in [2.24, 2.45) is 0 Å². The highest BCUT2D eigenvalue weighted by Gasteiger charge is 2.12. The number of benzene rings is 2. The number of nitrogen functional groups attached to an aromatic ring is 1. The topological polar surface area (TPSA) is 55.1 Å². The first-order valence-electron chi connectivity index (χ1n) is 5.60. The van der Waals surface area contributed by atoms with Crippen LogP contribution in [0.15, 0.2) is 36.4 Å². The summed E-state index contributed by atoms with van der Waals surface area (Å²) in [4.78, 5) is 12.1. The van der Waals surface area contributed by atoms with Crippen LogP contribution in [0.3, 0.4) is 0 Å². The van der Waals surface area contributed by atoms with Crippen LogP contribution in [-0.2, 0) is 0 Å². The second-order valence-corrected chi connectivity index (χ2v) is 5.00. The lowest BCUT2D eigenvalue weighted by Gasteiger charge is -2.10. The Morgan fingerprint density at radius 1 is 1.16 bits per heavy atom. The van der Waals surface area contributed by atoms with Gasteiger partial charge in [0.2, 0.25) is 0 Å². The van der Waals surface area contributed by atoms with Crippen molar-refractivity contribution in [1.82, 2.24) is 0 Å². The molecular formula is C14H12Cl2N2O. The zero-order valence-electron chi connectivity index (χ0n) is 10.2. The molecule has 0 aliphatic carbocycles. The van der Waals surface area contributed by atoms with E-state index >= 15 is 0 Å². The fraction of sp³-hybridized carbons (Fsp3) is 0.0714. The molecule has 98 valence electrons. The van der Waals surface area contributed by atoms with Gasteiger partial charge in [-0.3, -0.25) is 4.79 Å². The number of amides is 1. The first-order chi connectivity index (χ1) is 8.97. The zero-order valence-corrected chi connectivity index (χ0v) is 11.7. The van der Waals surface area contributed by atoms with Gasteiger partial charge in [-0.1, -0.05) is 40.9 Å². The molecule has 0 radical (unpaired) electrons. The Morgan fingerprint density at radius 2 is 1.79 bits per heavy atom. The molecule has 19 heavy (non-hydrogen) atoms. The molecule has 5 heteroatoms. The molecule has 0 spiro atoms. The van der Waals surface area contributed by atoms with Crippen molar-refractivity contribution in [3.8, 4) is 0 Å². The van der Waals surface area contributed by atoms with Gasteiger partial charge in [-0.05, 0) is 31.2 Å². The Labute approximate surface area is 121 Å². The molecule has 0 unspecified atom stereocenters. The summed E-state index contributed by atoms with van der Waals surface area (Å²) in [5.41, 5.74) is 7.97. The van der Waals surface area contributed by atoms with Crippen LogP contribution in [0.5, 0.6) is 0 Å². The Morgan fingerprint density at radius 3 is 2.37 bits per heavy atom. The summed E-state index contributed by atoms with van der Waals surface area (Å²) in [6.45, 7) is 1.92. The van der Waals surface area contributed by atoms with Crippen LogP contribution in [0.4, 0.5) is 11.4 Å². The Hall–Kier alpha value is -1.71. The number of hydrogen-bond donors (Lipinski definition) is 2. The van der Waals surface area contributed by atoms with Gasteiger partial charge in [0.05, 0.1) is 15.7 Å². The van der Waals surface area contributed by atoms with E-state index in [0.717, 1.165) is 5.56 Å². The highest BCUT2D eigenvalue weighted by molar-refractivity contribution is 6.40. The summed E-state index contributed by atoms with van der Waals surface area (Å²) < 4.78 is 0. The maximum Gasteiger partial charge on any atom is 0.255 e. The van der Waals surface area contributed by atoms with Crippen LogP contribution in [0.25, 0.3) is 0 Å². The van der Waals surface area contributed by atoms with E-state index in [4.69, 9.17) is 28.9 Å². The summed E-state index contributed by atoms with van der Waals surface area (Å²) in [7, 11) is 0.